The molecule has 1 aromatic rings. The second-order valence-corrected chi connectivity index (χ2v) is 1.81. The largest absolute Gasteiger partial charge is 0.480 e. The second kappa shape index (κ2) is 2.40. The third kappa shape index (κ3) is 0.935. The Morgan fingerprint density at radius 1 is 1.80 bits per heavy atom. The van der Waals surface area contributed by atoms with Crippen LogP contribution >= 0.6 is 0 Å². The van der Waals surface area contributed by atoms with Crippen LogP contribution in [0.3, 0.4) is 0 Å². The van der Waals surface area contributed by atoms with Crippen molar-refractivity contribution in [1.82, 2.24) is 9.78 Å². The maximum absolute atomic E-state index is 8.46. The molecule has 52 valence electrons. The van der Waals surface area contributed by atoms with Gasteiger partial charge in [0.1, 0.15) is 11.8 Å². The van der Waals surface area contributed by atoms with Gasteiger partial charge in [0.15, 0.2) is 0 Å². The molecule has 4 heteroatoms. The molecule has 0 fully saturated rings. The van der Waals surface area contributed by atoms with Crippen LogP contribution in [0.25, 0.3) is 0 Å². The first-order chi connectivity index (χ1) is 4.77. The Morgan fingerprint density at radius 3 is 2.80 bits per heavy atom. The molecule has 1 rings (SSSR count). The van der Waals surface area contributed by atoms with Crippen LogP contribution in [0.1, 0.15) is 5.69 Å². The number of nitriles is 1. The Labute approximate surface area is 58.6 Å². The van der Waals surface area contributed by atoms with E-state index in [0.717, 1.165) is 0 Å². The maximum Gasteiger partial charge on any atom is 0.233 e. The van der Waals surface area contributed by atoms with E-state index in [0.29, 0.717) is 11.6 Å². The van der Waals surface area contributed by atoms with Crippen LogP contribution in [0.2, 0.25) is 0 Å². The number of aromatic nitrogens is 2. The van der Waals surface area contributed by atoms with E-state index in [1.54, 1.807) is 13.1 Å². The molecule has 0 aromatic carbocycles. The average molecular weight is 137 g/mol. The summed E-state index contributed by atoms with van der Waals surface area (Å²) in [6, 6.07) is 3.55. The summed E-state index contributed by atoms with van der Waals surface area (Å²) in [6.45, 7) is 0. The smallest absolute Gasteiger partial charge is 0.233 e. The first-order valence-electron chi connectivity index (χ1n) is 2.76. The molecule has 0 atom stereocenters. The van der Waals surface area contributed by atoms with E-state index < -0.39 is 0 Å². The molecule has 0 N–H and O–H groups in total. The van der Waals surface area contributed by atoms with E-state index in [1.165, 1.54) is 11.8 Å². The van der Waals surface area contributed by atoms with Crippen molar-refractivity contribution in [3.8, 4) is 11.9 Å². The highest BCUT2D eigenvalue weighted by molar-refractivity contribution is 5.25. The fourth-order valence-corrected chi connectivity index (χ4v) is 0.645. The van der Waals surface area contributed by atoms with Crippen LogP contribution in [-0.2, 0) is 7.05 Å². The van der Waals surface area contributed by atoms with Gasteiger partial charge in [-0.25, -0.2) is 0 Å². The van der Waals surface area contributed by atoms with Gasteiger partial charge in [-0.3, -0.25) is 4.68 Å². The first kappa shape index (κ1) is 6.62. The molecule has 0 unspecified atom stereocenters. The van der Waals surface area contributed by atoms with Crippen LogP contribution in [-0.4, -0.2) is 16.9 Å². The van der Waals surface area contributed by atoms with Crippen LogP contribution in [0, 0.1) is 11.3 Å². The van der Waals surface area contributed by atoms with Gasteiger partial charge in [0.05, 0.1) is 7.11 Å². The van der Waals surface area contributed by atoms with Gasteiger partial charge in [-0.15, -0.1) is 5.10 Å². The van der Waals surface area contributed by atoms with E-state index in [4.69, 9.17) is 10.00 Å². The predicted molar refractivity (Wildman–Crippen MR) is 34.5 cm³/mol. The van der Waals surface area contributed by atoms with Gasteiger partial charge in [0.2, 0.25) is 5.88 Å². The summed E-state index contributed by atoms with van der Waals surface area (Å²) in [4.78, 5) is 0. The highest BCUT2D eigenvalue weighted by Gasteiger charge is 2.01. The molecule has 0 amide bonds. The predicted octanol–water partition coefficient (Wildman–Crippen LogP) is 0.300. The summed E-state index contributed by atoms with van der Waals surface area (Å²) in [6.07, 6.45) is 0. The normalized spacial score (nSPS) is 8.90. The molecule has 0 saturated heterocycles. The van der Waals surface area contributed by atoms with Gasteiger partial charge in [0, 0.05) is 13.1 Å². The lowest BCUT2D eigenvalue weighted by Gasteiger charge is -1.88. The number of nitrogens with zero attached hydrogens (tertiary/aromatic N) is 3. The molecule has 1 heterocycles. The molecule has 10 heavy (non-hydrogen) atoms. The fraction of sp³-hybridized carbons (Fsp3) is 0.333. The van der Waals surface area contributed by atoms with E-state index in [2.05, 4.69) is 5.10 Å². The number of rotatable bonds is 1. The highest BCUT2D eigenvalue weighted by atomic mass is 16.5. The Kier molecular flexibility index (Phi) is 1.59. The average Bonchev–Trinajstić information content (AvgIpc) is 2.30. The Balaban J connectivity index is 3.07. The van der Waals surface area contributed by atoms with Crippen molar-refractivity contribution in [3.63, 3.8) is 0 Å². The number of methoxy groups -OCH3 is 1. The summed E-state index contributed by atoms with van der Waals surface area (Å²) in [5, 5.41) is 12.3. The van der Waals surface area contributed by atoms with Gasteiger partial charge < -0.3 is 4.74 Å². The Bertz CT molecular complexity index is 271. The van der Waals surface area contributed by atoms with Crippen molar-refractivity contribution < 1.29 is 4.74 Å². The molecule has 0 spiro atoms. The van der Waals surface area contributed by atoms with Gasteiger partial charge >= 0.3 is 0 Å². The number of ether oxygens (including phenoxy) is 1. The standard InChI is InChI=1S/C6H7N3O/c1-9-5(4-7)3-6(8-9)10-2/h3H,1-2H3. The second-order valence-electron chi connectivity index (χ2n) is 1.81. The third-order valence-corrected chi connectivity index (χ3v) is 1.18. The molecular weight excluding hydrogens is 130 g/mol. The minimum Gasteiger partial charge on any atom is -0.480 e. The monoisotopic (exact) mass is 137 g/mol. The number of aryl methyl sites for hydroxylation is 1. The van der Waals surface area contributed by atoms with Gasteiger partial charge in [0.25, 0.3) is 0 Å². The van der Waals surface area contributed by atoms with E-state index in [1.807, 2.05) is 6.07 Å². The first-order valence-corrected chi connectivity index (χ1v) is 2.76. The van der Waals surface area contributed by atoms with Crippen molar-refractivity contribution in [2.24, 2.45) is 7.05 Å². The third-order valence-electron chi connectivity index (χ3n) is 1.18. The van der Waals surface area contributed by atoms with Crippen molar-refractivity contribution in [3.05, 3.63) is 11.8 Å². The van der Waals surface area contributed by atoms with Crippen molar-refractivity contribution in [2.45, 2.75) is 0 Å². The molecule has 0 aliphatic rings. The Morgan fingerprint density at radius 2 is 2.50 bits per heavy atom. The zero-order chi connectivity index (χ0) is 7.56. The fourth-order valence-electron chi connectivity index (χ4n) is 0.645. The quantitative estimate of drug-likeness (QED) is 0.559. The van der Waals surface area contributed by atoms with E-state index in [-0.39, 0.29) is 0 Å². The van der Waals surface area contributed by atoms with Crippen molar-refractivity contribution in [1.29, 1.82) is 5.26 Å². The molecule has 1 aromatic heterocycles. The molecule has 0 bridgehead atoms. The summed E-state index contributed by atoms with van der Waals surface area (Å²) < 4.78 is 6.27. The van der Waals surface area contributed by atoms with Crippen LogP contribution in [0.15, 0.2) is 6.07 Å². The summed E-state index contributed by atoms with van der Waals surface area (Å²) in [5.41, 5.74) is 0.497. The molecular formula is C6H7N3O. The number of hydrogen-bond donors (Lipinski definition) is 0. The SMILES string of the molecule is COc1cc(C#N)n(C)n1. The zero-order valence-electron chi connectivity index (χ0n) is 5.83. The minimum atomic E-state index is 0.471. The lowest BCUT2D eigenvalue weighted by atomic mass is 10.5. The van der Waals surface area contributed by atoms with Gasteiger partial charge in [-0.05, 0) is 0 Å². The highest BCUT2D eigenvalue weighted by Crippen LogP contribution is 2.07. The molecule has 4 nitrogen and oxygen atoms in total. The molecule has 0 aliphatic heterocycles. The van der Waals surface area contributed by atoms with Crippen LogP contribution < -0.4 is 4.74 Å². The summed E-state index contributed by atoms with van der Waals surface area (Å²) in [5.74, 6) is 0.471. The minimum absolute atomic E-state index is 0.471. The van der Waals surface area contributed by atoms with Crippen molar-refractivity contribution in [2.75, 3.05) is 7.11 Å². The number of hydrogen-bond acceptors (Lipinski definition) is 3. The summed E-state index contributed by atoms with van der Waals surface area (Å²) >= 11 is 0. The topological polar surface area (TPSA) is 50.8 Å². The zero-order valence-corrected chi connectivity index (χ0v) is 5.83. The van der Waals surface area contributed by atoms with E-state index >= 15 is 0 Å². The molecule has 0 radical (unpaired) electrons. The van der Waals surface area contributed by atoms with Crippen molar-refractivity contribution >= 4 is 0 Å². The van der Waals surface area contributed by atoms with Gasteiger partial charge in [-0.2, -0.15) is 5.26 Å². The maximum atomic E-state index is 8.46. The summed E-state index contributed by atoms with van der Waals surface area (Å²) in [7, 11) is 3.21. The van der Waals surface area contributed by atoms with Crippen LogP contribution in [0.5, 0.6) is 5.88 Å². The molecule has 0 aliphatic carbocycles. The molecule has 0 saturated carbocycles. The van der Waals surface area contributed by atoms with E-state index in [9.17, 15) is 0 Å². The lowest BCUT2D eigenvalue weighted by Crippen LogP contribution is -1.93. The van der Waals surface area contributed by atoms with Gasteiger partial charge in [-0.1, -0.05) is 0 Å². The van der Waals surface area contributed by atoms with Crippen LogP contribution in [0.4, 0.5) is 0 Å². The lowest BCUT2D eigenvalue weighted by molar-refractivity contribution is 0.392. The Hall–Kier alpha value is -1.50.